The van der Waals surface area contributed by atoms with Gasteiger partial charge in [-0.1, -0.05) is 6.07 Å². The Morgan fingerprint density at radius 2 is 2.24 bits per heavy atom. The molecule has 17 heavy (non-hydrogen) atoms. The van der Waals surface area contributed by atoms with Gasteiger partial charge in [0.2, 0.25) is 0 Å². The van der Waals surface area contributed by atoms with E-state index in [1.165, 1.54) is 4.88 Å². The number of hydrogen-bond donors (Lipinski definition) is 0. The van der Waals surface area contributed by atoms with Gasteiger partial charge in [-0.05, 0) is 36.4 Å². The van der Waals surface area contributed by atoms with Gasteiger partial charge in [0.15, 0.2) is 5.78 Å². The van der Waals surface area contributed by atoms with Crippen LogP contribution in [0.3, 0.4) is 0 Å². The Hall–Kier alpha value is -1.48. The van der Waals surface area contributed by atoms with E-state index in [1.54, 1.807) is 17.5 Å². The minimum atomic E-state index is 0.246. The first-order valence-corrected chi connectivity index (χ1v) is 6.65. The summed E-state index contributed by atoms with van der Waals surface area (Å²) in [5, 5.41) is 2.07. The van der Waals surface area contributed by atoms with E-state index < -0.39 is 0 Å². The van der Waals surface area contributed by atoms with Crippen LogP contribution in [0.4, 0.5) is 0 Å². The zero-order chi connectivity index (χ0) is 11.8. The van der Waals surface area contributed by atoms with Crippen LogP contribution in [0.2, 0.25) is 0 Å². The first kappa shape index (κ1) is 10.7. The number of aryl methyl sites for hydroxylation is 1. The summed E-state index contributed by atoms with van der Waals surface area (Å²) in [5.41, 5.74) is 2.89. The molecule has 0 aliphatic heterocycles. The standard InChI is InChI=1S/C14H13NOS/c1-9-4-5-15-11-7-10(8-12(16)14(9)11)13-3-2-6-17-13/h2-6,10H,7-8H2,1H3/t10-/m1/s1. The summed E-state index contributed by atoms with van der Waals surface area (Å²) in [5.74, 6) is 0.569. The summed E-state index contributed by atoms with van der Waals surface area (Å²) in [7, 11) is 0. The number of ketones is 1. The molecule has 3 rings (SSSR count). The molecule has 2 aromatic rings. The van der Waals surface area contributed by atoms with E-state index in [4.69, 9.17) is 0 Å². The number of nitrogens with zero attached hydrogens (tertiary/aromatic N) is 1. The van der Waals surface area contributed by atoms with Gasteiger partial charge < -0.3 is 0 Å². The maximum atomic E-state index is 12.2. The molecule has 0 saturated carbocycles. The highest BCUT2D eigenvalue weighted by Gasteiger charge is 2.28. The summed E-state index contributed by atoms with van der Waals surface area (Å²) < 4.78 is 0. The molecular weight excluding hydrogens is 230 g/mol. The molecule has 0 unspecified atom stereocenters. The van der Waals surface area contributed by atoms with Crippen molar-refractivity contribution in [2.24, 2.45) is 0 Å². The first-order valence-electron chi connectivity index (χ1n) is 5.77. The Morgan fingerprint density at radius 3 is 3.00 bits per heavy atom. The Morgan fingerprint density at radius 1 is 1.35 bits per heavy atom. The molecule has 1 aliphatic rings. The number of fused-ring (bicyclic) bond motifs is 1. The fraction of sp³-hybridized carbons (Fsp3) is 0.286. The fourth-order valence-electron chi connectivity index (χ4n) is 2.51. The lowest BCUT2D eigenvalue weighted by Gasteiger charge is -2.22. The van der Waals surface area contributed by atoms with Crippen LogP contribution in [0, 0.1) is 6.92 Å². The number of hydrogen-bond acceptors (Lipinski definition) is 3. The molecule has 0 saturated heterocycles. The Balaban J connectivity index is 2.02. The summed E-state index contributed by atoms with van der Waals surface area (Å²) in [6.45, 7) is 1.99. The number of pyridine rings is 1. The van der Waals surface area contributed by atoms with E-state index >= 15 is 0 Å². The molecule has 0 amide bonds. The van der Waals surface area contributed by atoms with Crippen molar-refractivity contribution in [2.75, 3.05) is 0 Å². The van der Waals surface area contributed by atoms with Gasteiger partial charge >= 0.3 is 0 Å². The summed E-state index contributed by atoms with van der Waals surface area (Å²) in [6.07, 6.45) is 3.32. The molecule has 2 aromatic heterocycles. The lowest BCUT2D eigenvalue weighted by molar-refractivity contribution is 0.0963. The van der Waals surface area contributed by atoms with Crippen molar-refractivity contribution in [2.45, 2.75) is 25.7 Å². The minimum Gasteiger partial charge on any atom is -0.294 e. The van der Waals surface area contributed by atoms with E-state index in [2.05, 4.69) is 16.4 Å². The molecule has 0 spiro atoms. The third-order valence-corrected chi connectivity index (χ3v) is 4.37. The molecule has 0 aromatic carbocycles. The van der Waals surface area contributed by atoms with Gasteiger partial charge in [0.25, 0.3) is 0 Å². The van der Waals surface area contributed by atoms with Crippen molar-refractivity contribution in [3.63, 3.8) is 0 Å². The van der Waals surface area contributed by atoms with Crippen LogP contribution in [0.5, 0.6) is 0 Å². The molecule has 0 fully saturated rings. The van der Waals surface area contributed by atoms with Crippen LogP contribution < -0.4 is 0 Å². The van der Waals surface area contributed by atoms with Gasteiger partial charge in [-0.3, -0.25) is 9.78 Å². The molecule has 0 bridgehead atoms. The van der Waals surface area contributed by atoms with Gasteiger partial charge in [-0.15, -0.1) is 11.3 Å². The van der Waals surface area contributed by atoms with Crippen LogP contribution in [0.1, 0.15) is 38.8 Å². The predicted octanol–water partition coefficient (Wildman–Crippen LogP) is 3.36. The van der Waals surface area contributed by atoms with Gasteiger partial charge in [-0.2, -0.15) is 0 Å². The molecule has 0 radical (unpaired) electrons. The topological polar surface area (TPSA) is 30.0 Å². The summed E-state index contributed by atoms with van der Waals surface area (Å²) >= 11 is 1.73. The molecule has 2 heterocycles. The number of Topliss-reactive ketones (excluding diaryl/α,β-unsaturated/α-hetero) is 1. The minimum absolute atomic E-state index is 0.246. The van der Waals surface area contributed by atoms with Gasteiger partial charge in [0, 0.05) is 29.0 Å². The monoisotopic (exact) mass is 243 g/mol. The lowest BCUT2D eigenvalue weighted by atomic mass is 9.83. The summed E-state index contributed by atoms with van der Waals surface area (Å²) in [6, 6.07) is 6.08. The molecular formula is C14H13NOS. The number of rotatable bonds is 1. The highest BCUT2D eigenvalue weighted by molar-refractivity contribution is 7.10. The highest BCUT2D eigenvalue weighted by Crippen LogP contribution is 2.34. The van der Waals surface area contributed by atoms with Crippen molar-refractivity contribution < 1.29 is 4.79 Å². The maximum absolute atomic E-state index is 12.2. The van der Waals surface area contributed by atoms with Crippen molar-refractivity contribution >= 4 is 17.1 Å². The molecule has 1 atom stereocenters. The predicted molar refractivity (Wildman–Crippen MR) is 68.7 cm³/mol. The summed E-state index contributed by atoms with van der Waals surface area (Å²) in [4.78, 5) is 17.8. The van der Waals surface area contributed by atoms with E-state index in [9.17, 15) is 4.79 Å². The van der Waals surface area contributed by atoms with E-state index in [0.717, 1.165) is 23.2 Å². The molecule has 86 valence electrons. The third kappa shape index (κ3) is 1.80. The smallest absolute Gasteiger partial charge is 0.165 e. The zero-order valence-corrected chi connectivity index (χ0v) is 10.5. The Bertz CT molecular complexity index is 560. The van der Waals surface area contributed by atoms with Crippen LogP contribution in [-0.2, 0) is 6.42 Å². The highest BCUT2D eigenvalue weighted by atomic mass is 32.1. The van der Waals surface area contributed by atoms with Gasteiger partial charge in [-0.25, -0.2) is 0 Å². The average Bonchev–Trinajstić information content (AvgIpc) is 2.81. The van der Waals surface area contributed by atoms with Crippen molar-refractivity contribution in [3.05, 3.63) is 51.5 Å². The molecule has 0 N–H and O–H groups in total. The number of carbonyl (C=O) groups is 1. The van der Waals surface area contributed by atoms with Crippen LogP contribution in [0.25, 0.3) is 0 Å². The maximum Gasteiger partial charge on any atom is 0.165 e. The first-order chi connectivity index (χ1) is 8.25. The van der Waals surface area contributed by atoms with E-state index in [0.29, 0.717) is 12.3 Å². The fourth-order valence-corrected chi connectivity index (χ4v) is 3.34. The second-order valence-corrected chi connectivity index (χ2v) is 5.47. The number of aromatic nitrogens is 1. The molecule has 2 nitrogen and oxygen atoms in total. The quantitative estimate of drug-likeness (QED) is 0.768. The van der Waals surface area contributed by atoms with Gasteiger partial charge in [0.05, 0.1) is 5.69 Å². The van der Waals surface area contributed by atoms with Crippen molar-refractivity contribution in [1.82, 2.24) is 4.98 Å². The third-order valence-electron chi connectivity index (χ3n) is 3.33. The Kier molecular flexibility index (Phi) is 2.56. The SMILES string of the molecule is Cc1ccnc2c1C(=O)C[C@H](c1cccs1)C2. The zero-order valence-electron chi connectivity index (χ0n) is 9.64. The lowest BCUT2D eigenvalue weighted by Crippen LogP contribution is -2.20. The van der Waals surface area contributed by atoms with Gasteiger partial charge in [0.1, 0.15) is 0 Å². The van der Waals surface area contributed by atoms with Crippen LogP contribution in [-0.4, -0.2) is 10.8 Å². The largest absolute Gasteiger partial charge is 0.294 e. The van der Waals surface area contributed by atoms with Crippen molar-refractivity contribution in [3.8, 4) is 0 Å². The Labute approximate surface area is 104 Å². The van der Waals surface area contributed by atoms with Crippen molar-refractivity contribution in [1.29, 1.82) is 0 Å². The van der Waals surface area contributed by atoms with E-state index in [-0.39, 0.29) is 5.78 Å². The average molecular weight is 243 g/mol. The van der Waals surface area contributed by atoms with Crippen LogP contribution in [0.15, 0.2) is 29.8 Å². The van der Waals surface area contributed by atoms with E-state index in [1.807, 2.05) is 19.1 Å². The molecule has 3 heteroatoms. The van der Waals surface area contributed by atoms with Crippen LogP contribution >= 0.6 is 11.3 Å². The number of thiophene rings is 1. The second kappa shape index (κ2) is 4.08. The molecule has 1 aliphatic carbocycles. The normalized spacial score (nSPS) is 19.1. The number of carbonyl (C=O) groups excluding carboxylic acids is 1. The second-order valence-electron chi connectivity index (χ2n) is 4.49.